The Kier molecular flexibility index (Phi) is 4.61. The van der Waals surface area contributed by atoms with E-state index in [2.05, 4.69) is 40.4 Å². The lowest BCUT2D eigenvalue weighted by Crippen LogP contribution is -2.37. The maximum absolute atomic E-state index is 11.2. The molecule has 3 rings (SSSR count). The first kappa shape index (κ1) is 17.2. The van der Waals surface area contributed by atoms with Crippen molar-refractivity contribution < 1.29 is 9.66 Å². The van der Waals surface area contributed by atoms with Gasteiger partial charge < -0.3 is 14.2 Å². The molecular formula is C17H23N5O3. The maximum atomic E-state index is 11.2. The molecule has 1 aliphatic rings. The van der Waals surface area contributed by atoms with E-state index in [0.29, 0.717) is 18.3 Å². The summed E-state index contributed by atoms with van der Waals surface area (Å²) in [5.41, 5.74) is 0.877. The number of benzene rings is 1. The van der Waals surface area contributed by atoms with Crippen LogP contribution >= 0.6 is 0 Å². The molecule has 134 valence electrons. The summed E-state index contributed by atoms with van der Waals surface area (Å²) in [4.78, 5) is 12.9. The summed E-state index contributed by atoms with van der Waals surface area (Å²) < 4.78 is 7.65. The first-order chi connectivity index (χ1) is 11.9. The molecule has 0 fully saturated rings. The zero-order valence-corrected chi connectivity index (χ0v) is 15.0. The quantitative estimate of drug-likeness (QED) is 0.610. The third kappa shape index (κ3) is 3.04. The van der Waals surface area contributed by atoms with Gasteiger partial charge in [-0.15, -0.1) is 10.2 Å². The minimum Gasteiger partial charge on any atom is -0.487 e. The van der Waals surface area contributed by atoms with Crippen LogP contribution in [0.5, 0.6) is 5.75 Å². The number of ether oxygens (including phenoxy) is 1. The molecule has 1 aromatic carbocycles. The van der Waals surface area contributed by atoms with Crippen molar-refractivity contribution in [3.8, 4) is 5.75 Å². The molecule has 0 bridgehead atoms. The van der Waals surface area contributed by atoms with Crippen molar-refractivity contribution in [2.24, 2.45) is 0 Å². The van der Waals surface area contributed by atoms with Gasteiger partial charge in [0.25, 0.3) is 0 Å². The van der Waals surface area contributed by atoms with Crippen LogP contribution in [0.15, 0.2) is 18.2 Å². The molecule has 0 amide bonds. The monoisotopic (exact) mass is 345 g/mol. The lowest BCUT2D eigenvalue weighted by atomic mass is 10.1. The molecule has 0 aliphatic carbocycles. The summed E-state index contributed by atoms with van der Waals surface area (Å²) in [5, 5.41) is 19.9. The zero-order valence-electron chi connectivity index (χ0n) is 15.0. The maximum Gasteiger partial charge on any atom is 0.311 e. The summed E-state index contributed by atoms with van der Waals surface area (Å²) in [6.07, 6.45) is 0. The second-order valence-electron chi connectivity index (χ2n) is 6.43. The third-order valence-electron chi connectivity index (χ3n) is 4.50. The standard InChI is InChI=1S/C17H23N5O3/c1-5-25-15-10-13(6-7-14(15)22(23)24)20-8-9-21-16(11(2)3)18-19-17(21)12(20)4/h6-7,10-12H,5,8-9H2,1-4H3. The number of rotatable bonds is 5. The fraction of sp³-hybridized carbons (Fsp3) is 0.529. The number of hydrogen-bond donors (Lipinski definition) is 0. The van der Waals surface area contributed by atoms with Gasteiger partial charge >= 0.3 is 5.69 Å². The number of hydrogen-bond acceptors (Lipinski definition) is 6. The Balaban J connectivity index is 1.94. The minimum absolute atomic E-state index is 0.0134. The average Bonchev–Trinajstić information content (AvgIpc) is 3.00. The lowest BCUT2D eigenvalue weighted by Gasteiger charge is -2.35. The molecule has 8 heteroatoms. The molecule has 1 unspecified atom stereocenters. The van der Waals surface area contributed by atoms with Crippen molar-refractivity contribution in [3.05, 3.63) is 40.0 Å². The summed E-state index contributed by atoms with van der Waals surface area (Å²) in [5.74, 6) is 2.54. The molecule has 1 atom stereocenters. The Morgan fingerprint density at radius 2 is 2.12 bits per heavy atom. The van der Waals surface area contributed by atoms with E-state index in [0.717, 1.165) is 30.4 Å². The Morgan fingerprint density at radius 1 is 1.36 bits per heavy atom. The molecule has 25 heavy (non-hydrogen) atoms. The van der Waals surface area contributed by atoms with Crippen LogP contribution in [0.2, 0.25) is 0 Å². The largest absolute Gasteiger partial charge is 0.487 e. The van der Waals surface area contributed by atoms with Crippen LogP contribution < -0.4 is 9.64 Å². The topological polar surface area (TPSA) is 86.3 Å². The van der Waals surface area contributed by atoms with Crippen LogP contribution in [0.25, 0.3) is 0 Å². The van der Waals surface area contributed by atoms with Gasteiger partial charge in [-0.1, -0.05) is 13.8 Å². The Hall–Kier alpha value is -2.64. The minimum atomic E-state index is -0.417. The zero-order chi connectivity index (χ0) is 18.1. The average molecular weight is 345 g/mol. The summed E-state index contributed by atoms with van der Waals surface area (Å²) >= 11 is 0. The smallest absolute Gasteiger partial charge is 0.311 e. The molecular weight excluding hydrogens is 322 g/mol. The Bertz CT molecular complexity index is 787. The van der Waals surface area contributed by atoms with Crippen molar-refractivity contribution >= 4 is 11.4 Å². The molecule has 1 aromatic heterocycles. The fourth-order valence-corrected chi connectivity index (χ4v) is 3.29. The van der Waals surface area contributed by atoms with Crippen molar-refractivity contribution in [2.45, 2.75) is 46.2 Å². The lowest BCUT2D eigenvalue weighted by molar-refractivity contribution is -0.385. The molecule has 1 aliphatic heterocycles. The predicted molar refractivity (Wildman–Crippen MR) is 94.1 cm³/mol. The van der Waals surface area contributed by atoms with Gasteiger partial charge in [0.1, 0.15) is 5.82 Å². The molecule has 8 nitrogen and oxygen atoms in total. The highest BCUT2D eigenvalue weighted by atomic mass is 16.6. The molecule has 0 saturated carbocycles. The second-order valence-corrected chi connectivity index (χ2v) is 6.43. The number of nitrogens with zero attached hydrogens (tertiary/aromatic N) is 5. The van der Waals surface area contributed by atoms with Gasteiger partial charge in [0, 0.05) is 36.8 Å². The summed E-state index contributed by atoms with van der Waals surface area (Å²) in [7, 11) is 0. The van der Waals surface area contributed by atoms with E-state index in [1.165, 1.54) is 6.07 Å². The van der Waals surface area contributed by atoms with E-state index >= 15 is 0 Å². The van der Waals surface area contributed by atoms with E-state index in [4.69, 9.17) is 4.74 Å². The molecule has 0 N–H and O–H groups in total. The molecule has 0 spiro atoms. The fourth-order valence-electron chi connectivity index (χ4n) is 3.29. The van der Waals surface area contributed by atoms with Gasteiger partial charge in [-0.25, -0.2) is 0 Å². The van der Waals surface area contributed by atoms with Gasteiger partial charge in [-0.3, -0.25) is 10.1 Å². The SMILES string of the molecule is CCOc1cc(N2CCn3c(C(C)C)nnc3C2C)ccc1[N+](=O)[O-]. The summed E-state index contributed by atoms with van der Waals surface area (Å²) in [6, 6.07) is 5.05. The number of nitro benzene ring substituents is 1. The highest BCUT2D eigenvalue weighted by Crippen LogP contribution is 2.36. The van der Waals surface area contributed by atoms with Crippen LogP contribution in [0.4, 0.5) is 11.4 Å². The van der Waals surface area contributed by atoms with Crippen LogP contribution in [0.1, 0.15) is 51.3 Å². The van der Waals surface area contributed by atoms with Gasteiger partial charge in [0.15, 0.2) is 11.6 Å². The Morgan fingerprint density at radius 3 is 2.76 bits per heavy atom. The first-order valence-electron chi connectivity index (χ1n) is 8.54. The van der Waals surface area contributed by atoms with Crippen molar-refractivity contribution in [1.29, 1.82) is 0 Å². The second kappa shape index (κ2) is 6.70. The van der Waals surface area contributed by atoms with Gasteiger partial charge in [0.05, 0.1) is 17.6 Å². The van der Waals surface area contributed by atoms with Crippen LogP contribution in [0.3, 0.4) is 0 Å². The molecule has 0 saturated heterocycles. The first-order valence-corrected chi connectivity index (χ1v) is 8.54. The molecule has 2 aromatic rings. The third-order valence-corrected chi connectivity index (χ3v) is 4.50. The van der Waals surface area contributed by atoms with Gasteiger partial charge in [0.2, 0.25) is 0 Å². The normalized spacial score (nSPS) is 16.8. The number of nitro groups is 1. The van der Waals surface area contributed by atoms with Crippen molar-refractivity contribution in [3.63, 3.8) is 0 Å². The highest BCUT2D eigenvalue weighted by Gasteiger charge is 2.30. The molecule has 2 heterocycles. The predicted octanol–water partition coefficient (Wildman–Crippen LogP) is 3.29. The van der Waals surface area contributed by atoms with E-state index in [9.17, 15) is 10.1 Å². The van der Waals surface area contributed by atoms with Gasteiger partial charge in [-0.05, 0) is 19.9 Å². The number of aromatic nitrogens is 3. The molecule has 0 radical (unpaired) electrons. The Labute approximate surface area is 146 Å². The van der Waals surface area contributed by atoms with E-state index in [-0.39, 0.29) is 11.7 Å². The van der Waals surface area contributed by atoms with E-state index < -0.39 is 4.92 Å². The number of fused-ring (bicyclic) bond motifs is 1. The van der Waals surface area contributed by atoms with E-state index in [1.807, 2.05) is 6.92 Å². The van der Waals surface area contributed by atoms with E-state index in [1.54, 1.807) is 12.1 Å². The van der Waals surface area contributed by atoms with Crippen LogP contribution in [0, 0.1) is 10.1 Å². The van der Waals surface area contributed by atoms with Crippen LogP contribution in [-0.2, 0) is 6.54 Å². The summed E-state index contributed by atoms with van der Waals surface area (Å²) in [6.45, 7) is 10.1. The highest BCUT2D eigenvalue weighted by molar-refractivity contribution is 5.60. The van der Waals surface area contributed by atoms with Gasteiger partial charge in [-0.2, -0.15) is 0 Å². The van der Waals surface area contributed by atoms with Crippen molar-refractivity contribution in [2.75, 3.05) is 18.1 Å². The van der Waals surface area contributed by atoms with Crippen molar-refractivity contribution in [1.82, 2.24) is 14.8 Å². The number of anilines is 1. The van der Waals surface area contributed by atoms with Crippen LogP contribution in [-0.4, -0.2) is 32.8 Å².